The molecule has 0 amide bonds. The van der Waals surface area contributed by atoms with Gasteiger partial charge in [-0.15, -0.1) is 0 Å². The molecule has 0 aliphatic rings. The molecular weight excluding hydrogens is 228 g/mol. The van der Waals surface area contributed by atoms with Crippen LogP contribution in [0.15, 0.2) is 36.7 Å². The Morgan fingerprint density at radius 2 is 2.12 bits per heavy atom. The van der Waals surface area contributed by atoms with Crippen molar-refractivity contribution in [1.82, 2.24) is 9.97 Å². The first-order valence-corrected chi connectivity index (χ1v) is 4.86. The van der Waals surface area contributed by atoms with E-state index < -0.39 is 5.97 Å². The summed E-state index contributed by atoms with van der Waals surface area (Å²) < 4.78 is 0. The number of pyridine rings is 2. The van der Waals surface area contributed by atoms with E-state index in [1.807, 2.05) is 0 Å². The summed E-state index contributed by atoms with van der Waals surface area (Å²) in [4.78, 5) is 18.7. The summed E-state index contributed by atoms with van der Waals surface area (Å²) >= 11 is 5.95. The first kappa shape index (κ1) is 10.6. The van der Waals surface area contributed by atoms with Gasteiger partial charge in [0.15, 0.2) is 0 Å². The number of hydrogen-bond donors (Lipinski definition) is 1. The molecule has 80 valence electrons. The van der Waals surface area contributed by atoms with Crippen LogP contribution in [0, 0.1) is 0 Å². The van der Waals surface area contributed by atoms with E-state index >= 15 is 0 Å². The Kier molecular flexibility index (Phi) is 2.83. The van der Waals surface area contributed by atoms with Crippen molar-refractivity contribution >= 4 is 17.6 Å². The molecule has 0 radical (unpaired) electrons. The number of halogens is 1. The summed E-state index contributed by atoms with van der Waals surface area (Å²) in [5.41, 5.74) is 1.08. The molecule has 0 saturated carbocycles. The van der Waals surface area contributed by atoms with Crippen molar-refractivity contribution in [3.05, 3.63) is 47.4 Å². The van der Waals surface area contributed by atoms with Crippen molar-refractivity contribution in [1.29, 1.82) is 0 Å². The average Bonchev–Trinajstić information content (AvgIpc) is 2.30. The third kappa shape index (κ3) is 2.01. The zero-order valence-corrected chi connectivity index (χ0v) is 8.85. The molecule has 5 heteroatoms. The molecule has 0 bridgehead atoms. The van der Waals surface area contributed by atoms with Gasteiger partial charge in [-0.1, -0.05) is 11.6 Å². The van der Waals surface area contributed by atoms with Crippen LogP contribution < -0.4 is 0 Å². The Bertz CT molecular complexity index is 529. The van der Waals surface area contributed by atoms with Gasteiger partial charge in [0, 0.05) is 18.0 Å². The van der Waals surface area contributed by atoms with Crippen LogP contribution in [0.3, 0.4) is 0 Å². The van der Waals surface area contributed by atoms with Crippen LogP contribution in [0.2, 0.25) is 5.02 Å². The van der Waals surface area contributed by atoms with Crippen LogP contribution >= 0.6 is 11.6 Å². The van der Waals surface area contributed by atoms with E-state index in [1.165, 1.54) is 12.1 Å². The lowest BCUT2D eigenvalue weighted by molar-refractivity contribution is 0.0690. The highest BCUT2D eigenvalue weighted by Gasteiger charge is 2.10. The molecule has 0 spiro atoms. The summed E-state index contributed by atoms with van der Waals surface area (Å²) in [5, 5.41) is 9.23. The number of carboxylic acids is 1. The van der Waals surface area contributed by atoms with Gasteiger partial charge in [-0.25, -0.2) is 9.78 Å². The summed E-state index contributed by atoms with van der Waals surface area (Å²) in [6.45, 7) is 0. The lowest BCUT2D eigenvalue weighted by Crippen LogP contribution is -2.01. The zero-order chi connectivity index (χ0) is 11.5. The van der Waals surface area contributed by atoms with E-state index in [-0.39, 0.29) is 5.69 Å². The number of hydrogen-bond acceptors (Lipinski definition) is 3. The fraction of sp³-hybridized carbons (Fsp3) is 0. The topological polar surface area (TPSA) is 63.1 Å². The van der Waals surface area contributed by atoms with Crippen LogP contribution in [-0.2, 0) is 0 Å². The Hall–Kier alpha value is -1.94. The molecule has 1 N–H and O–H groups in total. The molecule has 0 atom stereocenters. The van der Waals surface area contributed by atoms with Crippen LogP contribution in [-0.4, -0.2) is 21.0 Å². The molecular formula is C11H7ClN2O2. The summed E-state index contributed by atoms with van der Waals surface area (Å²) in [5.74, 6) is -1.08. The Labute approximate surface area is 96.6 Å². The molecule has 2 aromatic heterocycles. The average molecular weight is 235 g/mol. The van der Waals surface area contributed by atoms with E-state index in [2.05, 4.69) is 9.97 Å². The van der Waals surface area contributed by atoms with Gasteiger partial charge in [-0.2, -0.15) is 0 Å². The standard InChI is InChI=1S/C11H7ClN2O2/c12-8-3-4-9(11(15)16)14-10(8)7-2-1-5-13-6-7/h1-6H,(H,15,16). The molecule has 0 aliphatic heterocycles. The number of carbonyl (C=O) groups is 1. The monoisotopic (exact) mass is 234 g/mol. The second-order valence-corrected chi connectivity index (χ2v) is 3.48. The first-order valence-electron chi connectivity index (χ1n) is 4.49. The zero-order valence-electron chi connectivity index (χ0n) is 8.09. The van der Waals surface area contributed by atoms with E-state index in [0.29, 0.717) is 16.3 Å². The number of aromatic carboxylic acids is 1. The predicted octanol–water partition coefficient (Wildman–Crippen LogP) is 2.50. The third-order valence-corrected chi connectivity index (χ3v) is 2.31. The largest absolute Gasteiger partial charge is 0.477 e. The Morgan fingerprint density at radius 1 is 1.31 bits per heavy atom. The second-order valence-electron chi connectivity index (χ2n) is 3.07. The van der Waals surface area contributed by atoms with E-state index in [4.69, 9.17) is 16.7 Å². The van der Waals surface area contributed by atoms with Gasteiger partial charge >= 0.3 is 5.97 Å². The fourth-order valence-corrected chi connectivity index (χ4v) is 1.48. The van der Waals surface area contributed by atoms with Crippen molar-refractivity contribution in [2.75, 3.05) is 0 Å². The molecule has 0 fully saturated rings. The maximum absolute atomic E-state index is 10.8. The maximum atomic E-state index is 10.8. The van der Waals surface area contributed by atoms with E-state index in [1.54, 1.807) is 24.5 Å². The minimum Gasteiger partial charge on any atom is -0.477 e. The van der Waals surface area contributed by atoms with Crippen molar-refractivity contribution in [3.8, 4) is 11.3 Å². The minimum atomic E-state index is -1.08. The van der Waals surface area contributed by atoms with Crippen molar-refractivity contribution < 1.29 is 9.90 Å². The smallest absolute Gasteiger partial charge is 0.354 e. The van der Waals surface area contributed by atoms with Crippen LogP contribution in [0.4, 0.5) is 0 Å². The predicted molar refractivity (Wildman–Crippen MR) is 59.4 cm³/mol. The molecule has 4 nitrogen and oxygen atoms in total. The molecule has 0 aliphatic carbocycles. The van der Waals surface area contributed by atoms with Crippen LogP contribution in [0.1, 0.15) is 10.5 Å². The number of nitrogens with zero attached hydrogens (tertiary/aromatic N) is 2. The van der Waals surface area contributed by atoms with Gasteiger partial charge in [0.2, 0.25) is 0 Å². The summed E-state index contributed by atoms with van der Waals surface area (Å²) in [7, 11) is 0. The fourth-order valence-electron chi connectivity index (χ4n) is 1.27. The number of carboxylic acid groups (broad SMARTS) is 1. The summed E-state index contributed by atoms with van der Waals surface area (Å²) in [6.07, 6.45) is 3.21. The summed E-state index contributed by atoms with van der Waals surface area (Å²) in [6, 6.07) is 6.39. The SMILES string of the molecule is O=C(O)c1ccc(Cl)c(-c2cccnc2)n1. The Morgan fingerprint density at radius 3 is 2.75 bits per heavy atom. The lowest BCUT2D eigenvalue weighted by atomic mass is 10.2. The molecule has 2 aromatic rings. The van der Waals surface area contributed by atoms with Gasteiger partial charge < -0.3 is 5.11 Å². The number of rotatable bonds is 2. The van der Waals surface area contributed by atoms with Crippen molar-refractivity contribution in [2.45, 2.75) is 0 Å². The molecule has 0 aromatic carbocycles. The van der Waals surface area contributed by atoms with E-state index in [9.17, 15) is 4.79 Å². The van der Waals surface area contributed by atoms with Crippen LogP contribution in [0.25, 0.3) is 11.3 Å². The quantitative estimate of drug-likeness (QED) is 0.867. The van der Waals surface area contributed by atoms with Gasteiger partial charge in [0.05, 0.1) is 10.7 Å². The molecule has 0 saturated heterocycles. The normalized spacial score (nSPS) is 10.1. The van der Waals surface area contributed by atoms with Gasteiger partial charge in [0.1, 0.15) is 5.69 Å². The molecule has 0 unspecified atom stereocenters. The molecule has 2 rings (SSSR count). The minimum absolute atomic E-state index is 0.0387. The van der Waals surface area contributed by atoms with Crippen LogP contribution in [0.5, 0.6) is 0 Å². The number of aromatic nitrogens is 2. The first-order chi connectivity index (χ1) is 7.68. The highest BCUT2D eigenvalue weighted by molar-refractivity contribution is 6.33. The Balaban J connectivity index is 2.56. The van der Waals surface area contributed by atoms with Gasteiger partial charge in [0.25, 0.3) is 0 Å². The third-order valence-electron chi connectivity index (χ3n) is 2.00. The van der Waals surface area contributed by atoms with E-state index in [0.717, 1.165) is 0 Å². The highest BCUT2D eigenvalue weighted by Crippen LogP contribution is 2.25. The lowest BCUT2D eigenvalue weighted by Gasteiger charge is -2.03. The van der Waals surface area contributed by atoms with Crippen molar-refractivity contribution in [3.63, 3.8) is 0 Å². The highest BCUT2D eigenvalue weighted by atomic mass is 35.5. The molecule has 16 heavy (non-hydrogen) atoms. The second kappa shape index (κ2) is 4.28. The van der Waals surface area contributed by atoms with Crippen molar-refractivity contribution in [2.24, 2.45) is 0 Å². The van der Waals surface area contributed by atoms with Gasteiger partial charge in [-0.05, 0) is 24.3 Å². The van der Waals surface area contributed by atoms with Gasteiger partial charge in [-0.3, -0.25) is 4.98 Å². The molecule has 2 heterocycles. The maximum Gasteiger partial charge on any atom is 0.354 e.